The number of rotatable bonds is 5. The van der Waals surface area contributed by atoms with E-state index in [1.165, 1.54) is 15.8 Å². The highest BCUT2D eigenvalue weighted by Crippen LogP contribution is 2.39. The molecule has 16 heavy (non-hydrogen) atoms. The topological polar surface area (TPSA) is 35.8 Å². The van der Waals surface area contributed by atoms with Gasteiger partial charge in [0, 0.05) is 27.8 Å². The molecule has 0 aliphatic heterocycles. The van der Waals surface area contributed by atoms with Gasteiger partial charge in [0.05, 0.1) is 11.5 Å². The number of thiophene rings is 1. The zero-order valence-corrected chi connectivity index (χ0v) is 11.5. The number of nitriles is 1. The highest BCUT2D eigenvalue weighted by molar-refractivity contribution is 9.10. The molecule has 0 unspecified atom stereocenters. The summed E-state index contributed by atoms with van der Waals surface area (Å²) in [6.07, 6.45) is 4.41. The molecule has 2 nitrogen and oxygen atoms in total. The quantitative estimate of drug-likeness (QED) is 0.847. The highest BCUT2D eigenvalue weighted by atomic mass is 79.9. The maximum absolute atomic E-state index is 9.06. The van der Waals surface area contributed by atoms with Crippen molar-refractivity contribution in [1.29, 1.82) is 5.26 Å². The monoisotopic (exact) mass is 298 g/mol. The minimum atomic E-state index is -0.0456. The molecule has 0 radical (unpaired) electrons. The molecule has 0 bridgehead atoms. The van der Waals surface area contributed by atoms with Crippen molar-refractivity contribution in [3.63, 3.8) is 0 Å². The number of hydrogen-bond acceptors (Lipinski definition) is 3. The molecule has 86 valence electrons. The summed E-state index contributed by atoms with van der Waals surface area (Å²) in [6.45, 7) is 1.83. The third-order valence-electron chi connectivity index (χ3n) is 3.18. The van der Waals surface area contributed by atoms with Gasteiger partial charge < -0.3 is 5.32 Å². The van der Waals surface area contributed by atoms with Crippen LogP contribution in [0.4, 0.5) is 0 Å². The fraction of sp³-hybridized carbons (Fsp3) is 0.583. The molecule has 1 N–H and O–H groups in total. The van der Waals surface area contributed by atoms with Gasteiger partial charge in [0.2, 0.25) is 0 Å². The molecule has 1 heterocycles. The maximum Gasteiger partial charge on any atom is 0.0703 e. The largest absolute Gasteiger partial charge is 0.315 e. The molecule has 0 saturated heterocycles. The van der Waals surface area contributed by atoms with Crippen molar-refractivity contribution >= 4 is 27.3 Å². The predicted octanol–water partition coefficient (Wildman–Crippen LogP) is 3.34. The molecule has 1 aliphatic rings. The van der Waals surface area contributed by atoms with Gasteiger partial charge in [-0.1, -0.05) is 6.42 Å². The van der Waals surface area contributed by atoms with Crippen LogP contribution in [0.3, 0.4) is 0 Å². The molecule has 1 aliphatic carbocycles. The first-order chi connectivity index (χ1) is 7.74. The highest BCUT2D eigenvalue weighted by Gasteiger charge is 2.36. The number of nitrogens with zero attached hydrogens (tertiary/aromatic N) is 1. The summed E-state index contributed by atoms with van der Waals surface area (Å²) in [6, 6.07) is 4.61. The SMILES string of the molecule is N#CC1(CNCCc2cc(Br)cs2)CCC1. The van der Waals surface area contributed by atoms with Crippen molar-refractivity contribution in [2.24, 2.45) is 5.41 Å². The molecule has 0 atom stereocenters. The second-order valence-corrected chi connectivity index (χ2v) is 6.32. The van der Waals surface area contributed by atoms with Gasteiger partial charge in [0.1, 0.15) is 0 Å². The summed E-state index contributed by atoms with van der Waals surface area (Å²) in [5, 5.41) is 14.6. The van der Waals surface area contributed by atoms with Gasteiger partial charge in [-0.05, 0) is 41.3 Å². The smallest absolute Gasteiger partial charge is 0.0703 e. The lowest BCUT2D eigenvalue weighted by molar-refractivity contribution is 0.208. The van der Waals surface area contributed by atoms with Crippen molar-refractivity contribution < 1.29 is 0 Å². The number of halogens is 1. The van der Waals surface area contributed by atoms with Crippen LogP contribution in [0, 0.1) is 16.7 Å². The summed E-state index contributed by atoms with van der Waals surface area (Å²) in [5.74, 6) is 0. The Kier molecular flexibility index (Phi) is 4.01. The Balaban J connectivity index is 1.67. The summed E-state index contributed by atoms with van der Waals surface area (Å²) in [5.41, 5.74) is -0.0456. The first-order valence-corrected chi connectivity index (χ1v) is 7.26. The van der Waals surface area contributed by atoms with Crippen molar-refractivity contribution in [2.45, 2.75) is 25.7 Å². The normalized spacial score (nSPS) is 17.8. The molecule has 1 aromatic rings. The van der Waals surface area contributed by atoms with Crippen LogP contribution in [-0.4, -0.2) is 13.1 Å². The molecule has 0 aromatic carbocycles. The summed E-state index contributed by atoms with van der Waals surface area (Å²) in [4.78, 5) is 1.39. The van der Waals surface area contributed by atoms with E-state index >= 15 is 0 Å². The van der Waals surface area contributed by atoms with Gasteiger partial charge in [-0.15, -0.1) is 11.3 Å². The number of hydrogen-bond donors (Lipinski definition) is 1. The van der Waals surface area contributed by atoms with Crippen LogP contribution in [0.1, 0.15) is 24.1 Å². The molecular formula is C12H15BrN2S. The van der Waals surface area contributed by atoms with E-state index in [0.29, 0.717) is 0 Å². The van der Waals surface area contributed by atoms with Crippen molar-refractivity contribution in [3.8, 4) is 6.07 Å². The Morgan fingerprint density at radius 1 is 1.56 bits per heavy atom. The van der Waals surface area contributed by atoms with Gasteiger partial charge in [0.15, 0.2) is 0 Å². The van der Waals surface area contributed by atoms with E-state index in [0.717, 1.165) is 32.4 Å². The van der Waals surface area contributed by atoms with Crippen LogP contribution in [-0.2, 0) is 6.42 Å². The first-order valence-electron chi connectivity index (χ1n) is 5.59. The van der Waals surface area contributed by atoms with Crippen molar-refractivity contribution in [3.05, 3.63) is 20.8 Å². The van der Waals surface area contributed by atoms with Crippen LogP contribution < -0.4 is 5.32 Å². The fourth-order valence-electron chi connectivity index (χ4n) is 1.96. The molecular weight excluding hydrogens is 284 g/mol. The van der Waals surface area contributed by atoms with Gasteiger partial charge in [-0.3, -0.25) is 0 Å². The Bertz CT molecular complexity index is 390. The van der Waals surface area contributed by atoms with E-state index in [9.17, 15) is 0 Å². The van der Waals surface area contributed by atoms with Crippen LogP contribution >= 0.6 is 27.3 Å². The van der Waals surface area contributed by atoms with E-state index < -0.39 is 0 Å². The zero-order chi connectivity index (χ0) is 11.4. The predicted molar refractivity (Wildman–Crippen MR) is 70.5 cm³/mol. The van der Waals surface area contributed by atoms with Gasteiger partial charge in [-0.25, -0.2) is 0 Å². The van der Waals surface area contributed by atoms with Crippen molar-refractivity contribution in [2.75, 3.05) is 13.1 Å². The van der Waals surface area contributed by atoms with E-state index in [-0.39, 0.29) is 5.41 Å². The summed E-state index contributed by atoms with van der Waals surface area (Å²) < 4.78 is 1.17. The number of nitrogens with one attached hydrogen (secondary N) is 1. The molecule has 0 amide bonds. The van der Waals surface area contributed by atoms with Crippen LogP contribution in [0.15, 0.2) is 15.9 Å². The second-order valence-electron chi connectivity index (χ2n) is 4.40. The molecule has 2 rings (SSSR count). The molecule has 0 spiro atoms. The lowest BCUT2D eigenvalue weighted by atomic mass is 9.70. The minimum Gasteiger partial charge on any atom is -0.315 e. The van der Waals surface area contributed by atoms with Crippen LogP contribution in [0.5, 0.6) is 0 Å². The van der Waals surface area contributed by atoms with Gasteiger partial charge in [0.25, 0.3) is 0 Å². The zero-order valence-electron chi connectivity index (χ0n) is 9.13. The minimum absolute atomic E-state index is 0.0456. The molecule has 1 saturated carbocycles. The average molecular weight is 299 g/mol. The molecule has 4 heteroatoms. The van der Waals surface area contributed by atoms with E-state index in [1.54, 1.807) is 11.3 Å². The van der Waals surface area contributed by atoms with Gasteiger partial charge >= 0.3 is 0 Å². The molecule has 1 aromatic heterocycles. The summed E-state index contributed by atoms with van der Waals surface area (Å²) >= 11 is 5.23. The third kappa shape index (κ3) is 2.85. The maximum atomic E-state index is 9.06. The fourth-order valence-corrected chi connectivity index (χ4v) is 3.41. The second kappa shape index (κ2) is 5.31. The Hall–Kier alpha value is -0.370. The lowest BCUT2D eigenvalue weighted by Gasteiger charge is -2.35. The lowest BCUT2D eigenvalue weighted by Crippen LogP contribution is -2.39. The van der Waals surface area contributed by atoms with E-state index in [1.807, 2.05) is 0 Å². The molecule has 1 fully saturated rings. The Labute approximate surface area is 109 Å². The van der Waals surface area contributed by atoms with E-state index in [4.69, 9.17) is 5.26 Å². The standard InChI is InChI=1S/C12H15BrN2S/c13-10-6-11(16-7-10)2-5-15-9-12(8-14)3-1-4-12/h6-7,15H,1-5,9H2. The third-order valence-corrected chi connectivity index (χ3v) is 4.94. The van der Waals surface area contributed by atoms with Crippen LogP contribution in [0.25, 0.3) is 0 Å². The van der Waals surface area contributed by atoms with Crippen LogP contribution in [0.2, 0.25) is 0 Å². The summed E-state index contributed by atoms with van der Waals surface area (Å²) in [7, 11) is 0. The van der Waals surface area contributed by atoms with E-state index in [2.05, 4.69) is 38.8 Å². The average Bonchev–Trinajstić information content (AvgIpc) is 2.62. The van der Waals surface area contributed by atoms with Gasteiger partial charge in [-0.2, -0.15) is 5.26 Å². The Morgan fingerprint density at radius 3 is 2.88 bits per heavy atom. The van der Waals surface area contributed by atoms with Crippen molar-refractivity contribution in [1.82, 2.24) is 5.32 Å². The first kappa shape index (κ1) is 12.1. The Morgan fingerprint density at radius 2 is 2.38 bits per heavy atom.